The third-order valence-electron chi connectivity index (χ3n) is 16.8. The van der Waals surface area contributed by atoms with Crippen molar-refractivity contribution in [1.29, 1.82) is 0 Å². The normalized spacial score (nSPS) is 12.4. The summed E-state index contributed by atoms with van der Waals surface area (Å²) >= 11 is 0. The lowest BCUT2D eigenvalue weighted by molar-refractivity contribution is -0.333. The van der Waals surface area contributed by atoms with Crippen molar-refractivity contribution in [2.24, 2.45) is 70.1 Å². The van der Waals surface area contributed by atoms with Gasteiger partial charge in [0.05, 0.1) is 23.9 Å². The van der Waals surface area contributed by atoms with E-state index in [4.69, 9.17) is 16.6 Å². The summed E-state index contributed by atoms with van der Waals surface area (Å²) in [5.74, 6) is -10.0. The minimum Gasteiger partial charge on any atom is -0.550 e. The van der Waals surface area contributed by atoms with E-state index < -0.39 is 107 Å². The molecular formula is C94H156N3O27-5. The Balaban J connectivity index is -0.000000147. The Kier molecular flexibility index (Phi) is 89.6. The molecule has 0 fully saturated rings. The fraction of sp³-hybridized carbons (Fsp3) is 0.670. The second-order valence-corrected chi connectivity index (χ2v) is 32.8. The van der Waals surface area contributed by atoms with E-state index in [0.717, 1.165) is 69.9 Å². The lowest BCUT2D eigenvalue weighted by atomic mass is 9.78. The van der Waals surface area contributed by atoms with Gasteiger partial charge in [-0.25, -0.2) is 0 Å². The Hall–Kier alpha value is -9.23. The van der Waals surface area contributed by atoms with Gasteiger partial charge in [-0.3, -0.25) is 67.1 Å². The largest absolute Gasteiger partial charge is 0.550 e. The van der Waals surface area contributed by atoms with Gasteiger partial charge in [0.1, 0.15) is 69.9 Å². The Bertz CT molecular complexity index is 3310. The molecule has 1 amide bonds. The molecule has 5 atom stereocenters. The van der Waals surface area contributed by atoms with Gasteiger partial charge in [0.25, 0.3) is 0 Å². The number of aliphatic hydroxyl groups is 3. The minimum atomic E-state index is -2.68. The van der Waals surface area contributed by atoms with Crippen LogP contribution >= 0.6 is 0 Å². The van der Waals surface area contributed by atoms with Gasteiger partial charge in [0.15, 0.2) is 23.1 Å². The summed E-state index contributed by atoms with van der Waals surface area (Å²) in [4.78, 5) is 203. The highest BCUT2D eigenvalue weighted by Crippen LogP contribution is 2.29. The molecule has 2 unspecified atom stereocenters. The van der Waals surface area contributed by atoms with Crippen molar-refractivity contribution in [1.82, 2.24) is 5.32 Å². The van der Waals surface area contributed by atoms with Gasteiger partial charge in [-0.2, -0.15) is 0 Å². The second-order valence-electron chi connectivity index (χ2n) is 32.8. The molecule has 0 spiro atoms. The average Bonchev–Trinajstić information content (AvgIpc) is 0.865. The SMILES string of the molecule is C/C=C\C/C=C\C/C=C\CCCC(=O)C(C)C.CC(=O)C(=O)CCC(=O)C(C)C.CC(=O)C(O)CC(=O)C(C)C.CC(=O)CCNC(=O)[C@H](O)C(C)(C)CC(C)C.CC(=O)[C@@H](N)CC(=O)C(C)C.CC(C)C(=O)/C=C/C(=O)[O-].CC(C)C(=O)CC(O)(CC(=O)[O-])C(=O)[O-].CC(C)C(=O)CCC(=O)[O-].CC(C)C(=O)CC[C@H](N)C(=O)[O-].CC/C=C\C/C=C\CC. The zero-order chi connectivity index (χ0) is 99.5. The van der Waals surface area contributed by atoms with Crippen LogP contribution < -0.4 is 42.3 Å². The highest BCUT2D eigenvalue weighted by molar-refractivity contribution is 6.36. The summed E-state index contributed by atoms with van der Waals surface area (Å²) in [6.45, 7) is 47.9. The number of carboxylic acids is 5. The molecule has 0 aliphatic rings. The molecule has 0 radical (unpaired) electrons. The number of allylic oxidation sites excluding steroid dienone is 11. The van der Waals surface area contributed by atoms with Crippen LogP contribution in [0.25, 0.3) is 0 Å². The first-order chi connectivity index (χ1) is 56.8. The summed E-state index contributed by atoms with van der Waals surface area (Å²) < 4.78 is 0. The van der Waals surface area contributed by atoms with Crippen LogP contribution in [-0.4, -0.2) is 163 Å². The molecule has 0 heterocycles. The van der Waals surface area contributed by atoms with Gasteiger partial charge < -0.3 is 81.6 Å². The Morgan fingerprint density at radius 3 is 1.16 bits per heavy atom. The first kappa shape index (κ1) is 135. The van der Waals surface area contributed by atoms with E-state index in [-0.39, 0.29) is 145 Å². The molecule has 0 aliphatic heterocycles. The molecule has 0 saturated carbocycles. The van der Waals surface area contributed by atoms with Crippen LogP contribution in [0.5, 0.6) is 0 Å². The van der Waals surface area contributed by atoms with Crippen molar-refractivity contribution >= 4 is 111 Å². The van der Waals surface area contributed by atoms with Crippen LogP contribution in [0.2, 0.25) is 0 Å². The van der Waals surface area contributed by atoms with E-state index in [2.05, 4.69) is 93.8 Å². The fourth-order valence-electron chi connectivity index (χ4n) is 8.33. The molecule has 0 saturated heterocycles. The number of aliphatic carboxylic acids is 5. The Morgan fingerprint density at radius 1 is 0.427 bits per heavy atom. The van der Waals surface area contributed by atoms with Gasteiger partial charge in [0.2, 0.25) is 5.91 Å². The molecule has 0 aromatic carbocycles. The summed E-state index contributed by atoms with van der Waals surface area (Å²) in [5, 5.41) is 81.4. The van der Waals surface area contributed by atoms with Gasteiger partial charge in [-0.05, 0) is 115 Å². The molecule has 8 N–H and O–H groups in total. The van der Waals surface area contributed by atoms with Crippen molar-refractivity contribution < 1.29 is 132 Å². The zero-order valence-corrected chi connectivity index (χ0v) is 79.6. The van der Waals surface area contributed by atoms with Crippen molar-refractivity contribution in [3.8, 4) is 0 Å². The molecule has 0 aromatic heterocycles. The maximum Gasteiger partial charge on any atom is 0.249 e. The average molecular weight is 1760 g/mol. The topological polar surface area (TPSA) is 564 Å². The molecule has 30 heteroatoms. The van der Waals surface area contributed by atoms with Crippen LogP contribution in [-0.2, 0) is 91.1 Å². The van der Waals surface area contributed by atoms with Gasteiger partial charge in [-0.1, -0.05) is 213 Å². The zero-order valence-electron chi connectivity index (χ0n) is 79.6. The third-order valence-corrected chi connectivity index (χ3v) is 16.8. The van der Waals surface area contributed by atoms with Crippen LogP contribution in [0, 0.1) is 58.7 Å². The van der Waals surface area contributed by atoms with Gasteiger partial charge >= 0.3 is 0 Å². The predicted molar refractivity (Wildman–Crippen MR) is 470 cm³/mol. The highest BCUT2D eigenvalue weighted by Gasteiger charge is 2.35. The van der Waals surface area contributed by atoms with E-state index >= 15 is 0 Å². The van der Waals surface area contributed by atoms with E-state index in [0.29, 0.717) is 24.7 Å². The van der Waals surface area contributed by atoms with E-state index in [1.807, 2.05) is 34.6 Å². The standard InChI is InChI=1S/C16H26O.C13H25NO3.C9H14O6.C9H14O3.C9H16.C8H15NO3.C8H15NO2.C8H14O3.C7H12O3.C7H10O3/c1-4-5-6-7-8-9-10-11-12-13-14-16(17)15(2)3;1-9(2)8-13(4,5)11(16)12(17)14-7-6-10(3)15;1-5(2)6(10)3-9(15,8(13)14)4-7(11)12;1-6(2)8(11)4-5-9(12)7(3)10;1-3-5-7-9-8-6-4-2;1-5(2)7(10)4-3-6(9)8(11)12;1-5(2)8(11)4-7(9)6(3)10;1-5(2)7(10)4-8(11)6(3)9;2*1-5(2)6(8)3-4-7(9)10/h4-5,7-8,10-11,15H,6,9,12-14H2,1-3H3;9,11,16H,6-8H2,1-5H3,(H,14,17);5,15H,3-4H2,1-2H3,(H,11,12)(H,13,14);6H,4-5H2,1-3H3;5-8H,3-4,9H2,1-2H3;5-6H,3-4,9H2,1-2H3,(H,11,12);5,7H,4,9H2,1-3H3;5,8,11H,4H2,1-3H3;5H,3-4H2,1-2H3,(H,9,10);3-5H,1-2H3,(H,9,10)/p-5/b5-4-,8-7-,11-10-;;;;7-5-,8-6-;;;;;4-3+/t;11-;;;;6-;7-;;;/m.0...00.../s1. The van der Waals surface area contributed by atoms with Crippen molar-refractivity contribution in [3.05, 3.63) is 72.9 Å². The Morgan fingerprint density at radius 2 is 0.823 bits per heavy atom. The van der Waals surface area contributed by atoms with Crippen LogP contribution in [0.4, 0.5) is 0 Å². The number of aliphatic hydroxyl groups excluding tert-OH is 2. The second kappa shape index (κ2) is 82.1. The number of hydrogen-bond donors (Lipinski definition) is 6. The maximum atomic E-state index is 11.7. The number of carbonyl (C=O) groups excluding carboxylic acids is 19. The van der Waals surface area contributed by atoms with Gasteiger partial charge in [-0.15, -0.1) is 0 Å². The molecule has 0 rings (SSSR count). The predicted octanol–water partition coefficient (Wildman–Crippen LogP) is 7.44. The smallest absolute Gasteiger partial charge is 0.249 e. The number of nitrogens with two attached hydrogens (primary N) is 2. The van der Waals surface area contributed by atoms with Gasteiger partial charge in [0, 0.05) is 143 Å². The van der Waals surface area contributed by atoms with E-state index in [1.54, 1.807) is 83.1 Å². The van der Waals surface area contributed by atoms with Crippen molar-refractivity contribution in [2.75, 3.05) is 6.54 Å². The Labute approximate surface area is 739 Å². The molecular weight excluding hydrogens is 1600 g/mol. The number of nitrogens with one attached hydrogen (secondary N) is 1. The summed E-state index contributed by atoms with van der Waals surface area (Å²) in [5.41, 5.74) is 7.41. The molecule has 30 nitrogen and oxygen atoms in total. The summed E-state index contributed by atoms with van der Waals surface area (Å²) in [7, 11) is 0. The van der Waals surface area contributed by atoms with Crippen molar-refractivity contribution in [3.63, 3.8) is 0 Å². The third kappa shape index (κ3) is 95.0. The molecule has 0 aliphatic carbocycles. The number of unbranched alkanes of at least 4 members (excludes halogenated alkanes) is 1. The number of carbonyl (C=O) groups is 19. The lowest BCUT2D eigenvalue weighted by Gasteiger charge is -2.31. The van der Waals surface area contributed by atoms with E-state index in [1.165, 1.54) is 41.5 Å². The van der Waals surface area contributed by atoms with Crippen LogP contribution in [0.15, 0.2) is 72.9 Å². The van der Waals surface area contributed by atoms with E-state index in [9.17, 15) is 127 Å². The number of amides is 1. The monoisotopic (exact) mass is 1760 g/mol. The summed E-state index contributed by atoms with van der Waals surface area (Å²) in [6, 6.07) is -1.63. The minimum absolute atomic E-state index is 0.0239. The number of Topliss-reactive ketones (excluding diaryl/α,β-unsaturated/α-hetero) is 12. The first-order valence-electron chi connectivity index (χ1n) is 42.4. The molecule has 0 aromatic rings. The van der Waals surface area contributed by atoms with Crippen LogP contribution in [0.1, 0.15) is 315 Å². The molecule has 124 heavy (non-hydrogen) atoms. The number of hydrogen-bond acceptors (Lipinski definition) is 29. The lowest BCUT2D eigenvalue weighted by Crippen LogP contribution is -2.53. The first-order valence-corrected chi connectivity index (χ1v) is 42.4. The molecule has 714 valence electrons. The summed E-state index contributed by atoms with van der Waals surface area (Å²) in [6.07, 6.45) is 29.3. The maximum absolute atomic E-state index is 11.7. The number of rotatable bonds is 51. The van der Waals surface area contributed by atoms with Crippen molar-refractivity contribution in [2.45, 2.75) is 345 Å². The number of carboxylic acid groups (broad SMARTS) is 5. The quantitative estimate of drug-likeness (QED) is 0.0149. The molecule has 0 bridgehead atoms. The highest BCUT2D eigenvalue weighted by atomic mass is 16.4. The number of ketones is 13. The van der Waals surface area contributed by atoms with Crippen LogP contribution in [0.3, 0.4) is 0 Å². The fourth-order valence-corrected chi connectivity index (χ4v) is 8.33.